The molecule has 5 rings (SSSR count). The van der Waals surface area contributed by atoms with Crippen LogP contribution in [-0.2, 0) is 4.74 Å². The number of anilines is 1. The van der Waals surface area contributed by atoms with Crippen LogP contribution in [0.1, 0.15) is 29.5 Å². The van der Waals surface area contributed by atoms with Gasteiger partial charge in [0.05, 0.1) is 19.3 Å². The zero-order chi connectivity index (χ0) is 24.0. The van der Waals surface area contributed by atoms with E-state index >= 15 is 0 Å². The van der Waals surface area contributed by atoms with E-state index in [1.54, 1.807) is 12.1 Å². The molecule has 0 unspecified atom stereocenters. The molecule has 3 aromatic rings. The minimum Gasteiger partial charge on any atom is -0.508 e. The Balaban J connectivity index is 0.00000190. The Bertz CT molecular complexity index is 1130. The van der Waals surface area contributed by atoms with Crippen LogP contribution in [0.3, 0.4) is 0 Å². The van der Waals surface area contributed by atoms with E-state index < -0.39 is 0 Å². The monoisotopic (exact) mass is 542 g/mol. The van der Waals surface area contributed by atoms with Crippen LogP contribution >= 0.6 is 24.8 Å². The van der Waals surface area contributed by atoms with E-state index in [2.05, 4.69) is 58.3 Å². The van der Waals surface area contributed by atoms with E-state index in [9.17, 15) is 10.2 Å². The molecule has 0 amide bonds. The van der Waals surface area contributed by atoms with Gasteiger partial charge in [0.25, 0.3) is 0 Å². The van der Waals surface area contributed by atoms with Gasteiger partial charge in [-0.25, -0.2) is 0 Å². The molecule has 0 bridgehead atoms. The van der Waals surface area contributed by atoms with Crippen molar-refractivity contribution < 1.29 is 14.9 Å². The fourth-order valence-electron chi connectivity index (χ4n) is 5.07. The van der Waals surface area contributed by atoms with Gasteiger partial charge in [0, 0.05) is 38.5 Å². The minimum absolute atomic E-state index is 0. The number of halogens is 2. The maximum atomic E-state index is 9.89. The lowest BCUT2D eigenvalue weighted by Crippen LogP contribution is -2.56. The maximum Gasteiger partial charge on any atom is 0.115 e. The molecule has 5 nitrogen and oxygen atoms in total. The number of ether oxygens (including phenoxy) is 1. The van der Waals surface area contributed by atoms with Crippen molar-refractivity contribution in [1.82, 2.24) is 4.90 Å². The van der Waals surface area contributed by atoms with E-state index in [0.29, 0.717) is 12.5 Å². The lowest BCUT2D eigenvalue weighted by Gasteiger charge is -2.43. The average Bonchev–Trinajstić information content (AvgIpc) is 2.88. The quantitative estimate of drug-likeness (QED) is 0.368. The highest BCUT2D eigenvalue weighted by Gasteiger charge is 2.29. The van der Waals surface area contributed by atoms with Crippen molar-refractivity contribution in [2.24, 2.45) is 0 Å². The van der Waals surface area contributed by atoms with Gasteiger partial charge in [-0.05, 0) is 64.9 Å². The predicted octanol–water partition coefficient (Wildman–Crippen LogP) is 5.49. The third-order valence-corrected chi connectivity index (χ3v) is 7.14. The van der Waals surface area contributed by atoms with Gasteiger partial charge >= 0.3 is 0 Å². The molecule has 0 atom stereocenters. The molecule has 37 heavy (non-hydrogen) atoms. The Morgan fingerprint density at radius 2 is 1.35 bits per heavy atom. The smallest absolute Gasteiger partial charge is 0.115 e. The lowest BCUT2D eigenvalue weighted by molar-refractivity contribution is -0.0660. The molecule has 0 aromatic heterocycles. The first-order valence-corrected chi connectivity index (χ1v) is 12.6. The molecule has 0 radical (unpaired) electrons. The molecule has 0 spiro atoms. The van der Waals surface area contributed by atoms with Gasteiger partial charge in [0.2, 0.25) is 0 Å². The molecule has 2 fully saturated rings. The molecule has 0 aliphatic carbocycles. The summed E-state index contributed by atoms with van der Waals surface area (Å²) < 4.78 is 5.37. The number of rotatable bonds is 8. The van der Waals surface area contributed by atoms with Crippen molar-refractivity contribution in [3.8, 4) is 5.75 Å². The number of nitrogens with zero attached hydrogens (tertiary/aromatic N) is 2. The molecule has 2 aliphatic heterocycles. The summed E-state index contributed by atoms with van der Waals surface area (Å²) >= 11 is 0. The van der Waals surface area contributed by atoms with Gasteiger partial charge in [0.15, 0.2) is 0 Å². The minimum atomic E-state index is 0. The standard InChI is InChI=1S/C30H34N2O3.2ClH/c33-20-4-7-29(23-5-2-1-3-6-23)30(25-10-14-28(34)15-11-25)24-8-12-26(13-9-24)31-16-18-32(19-17-31)27-21-35-22-27;;/h1-3,5-6,8-15,27,33-34H,4,7,16-22H2;2*1H/b30-29+;;. The van der Waals surface area contributed by atoms with Crippen molar-refractivity contribution in [3.63, 3.8) is 0 Å². The number of hydrogen-bond donors (Lipinski definition) is 2. The molecular weight excluding hydrogens is 507 g/mol. The van der Waals surface area contributed by atoms with Crippen molar-refractivity contribution >= 4 is 41.6 Å². The third kappa shape index (κ3) is 6.86. The van der Waals surface area contributed by atoms with Gasteiger partial charge in [0.1, 0.15) is 5.75 Å². The van der Waals surface area contributed by atoms with Gasteiger partial charge in [-0.1, -0.05) is 54.6 Å². The second kappa shape index (κ2) is 13.8. The zero-order valence-corrected chi connectivity index (χ0v) is 22.6. The number of hydrogen-bond acceptors (Lipinski definition) is 5. The average molecular weight is 544 g/mol. The number of allylic oxidation sites excluding steroid dienone is 1. The predicted molar refractivity (Wildman–Crippen MR) is 156 cm³/mol. The topological polar surface area (TPSA) is 56.2 Å². The molecule has 2 heterocycles. The number of aliphatic hydroxyl groups is 1. The number of aliphatic hydroxyl groups excluding tert-OH is 1. The summed E-state index contributed by atoms with van der Waals surface area (Å²) in [6.07, 6.45) is 1.46. The summed E-state index contributed by atoms with van der Waals surface area (Å²) in [4.78, 5) is 5.01. The zero-order valence-electron chi connectivity index (χ0n) is 21.0. The van der Waals surface area contributed by atoms with Crippen LogP contribution in [-0.4, -0.2) is 67.2 Å². The van der Waals surface area contributed by atoms with Crippen molar-refractivity contribution in [1.29, 1.82) is 0 Å². The summed E-state index contributed by atoms with van der Waals surface area (Å²) in [7, 11) is 0. The van der Waals surface area contributed by atoms with Crippen LogP contribution in [0, 0.1) is 0 Å². The Morgan fingerprint density at radius 3 is 1.89 bits per heavy atom. The second-order valence-corrected chi connectivity index (χ2v) is 9.35. The summed E-state index contributed by atoms with van der Waals surface area (Å²) in [6, 6.07) is 27.3. The molecule has 2 aliphatic rings. The fourth-order valence-corrected chi connectivity index (χ4v) is 5.07. The summed E-state index contributed by atoms with van der Waals surface area (Å²) in [5.41, 5.74) is 6.95. The normalized spacial score (nSPS) is 16.7. The largest absolute Gasteiger partial charge is 0.508 e. The van der Waals surface area contributed by atoms with E-state index in [1.165, 1.54) is 11.3 Å². The Hall–Kier alpha value is -2.54. The molecule has 7 heteroatoms. The van der Waals surface area contributed by atoms with Crippen molar-refractivity contribution in [2.75, 3.05) is 50.9 Å². The number of piperazine rings is 1. The Labute approximate surface area is 232 Å². The van der Waals surface area contributed by atoms with Gasteiger partial charge in [-0.2, -0.15) is 0 Å². The molecule has 0 saturated carbocycles. The molecule has 2 saturated heterocycles. The van der Waals surface area contributed by atoms with Gasteiger partial charge in [-0.15, -0.1) is 24.8 Å². The fraction of sp³-hybridized carbons (Fsp3) is 0.333. The van der Waals surface area contributed by atoms with E-state index in [0.717, 1.165) is 68.1 Å². The maximum absolute atomic E-state index is 9.89. The Morgan fingerprint density at radius 1 is 0.757 bits per heavy atom. The van der Waals surface area contributed by atoms with Crippen molar-refractivity contribution in [2.45, 2.75) is 18.9 Å². The third-order valence-electron chi connectivity index (χ3n) is 7.14. The second-order valence-electron chi connectivity index (χ2n) is 9.35. The number of phenolic OH excluding ortho intramolecular Hbond substituents is 1. The van der Waals surface area contributed by atoms with Crippen LogP contribution in [0.4, 0.5) is 5.69 Å². The van der Waals surface area contributed by atoms with E-state index in [4.69, 9.17) is 4.74 Å². The van der Waals surface area contributed by atoms with Crippen LogP contribution < -0.4 is 4.90 Å². The molecule has 3 aromatic carbocycles. The van der Waals surface area contributed by atoms with Crippen LogP contribution in [0.2, 0.25) is 0 Å². The SMILES string of the molecule is Cl.Cl.OCCC/C(=C(\c1ccc(O)cc1)c1ccc(N2CCN(C3COC3)CC2)cc1)c1ccccc1. The molecule has 198 valence electrons. The van der Waals surface area contributed by atoms with Gasteiger partial charge in [-0.3, -0.25) is 4.90 Å². The highest BCUT2D eigenvalue weighted by Crippen LogP contribution is 2.36. The van der Waals surface area contributed by atoms with Crippen LogP contribution in [0.5, 0.6) is 5.75 Å². The van der Waals surface area contributed by atoms with Gasteiger partial charge < -0.3 is 19.8 Å². The molecular formula is C30H36Cl2N2O3. The lowest BCUT2D eigenvalue weighted by atomic mass is 9.87. The summed E-state index contributed by atoms with van der Waals surface area (Å²) in [6.45, 7) is 6.12. The highest BCUT2D eigenvalue weighted by molar-refractivity contribution is 5.98. The summed E-state index contributed by atoms with van der Waals surface area (Å²) in [5.74, 6) is 0.257. The van der Waals surface area contributed by atoms with E-state index in [1.807, 2.05) is 18.2 Å². The van der Waals surface area contributed by atoms with Crippen LogP contribution in [0.15, 0.2) is 78.9 Å². The first-order valence-electron chi connectivity index (χ1n) is 12.6. The number of benzene rings is 3. The van der Waals surface area contributed by atoms with Crippen LogP contribution in [0.25, 0.3) is 11.1 Å². The number of aromatic hydroxyl groups is 1. The van der Waals surface area contributed by atoms with E-state index in [-0.39, 0.29) is 37.2 Å². The highest BCUT2D eigenvalue weighted by atomic mass is 35.5. The first-order chi connectivity index (χ1) is 17.2. The number of phenols is 1. The summed E-state index contributed by atoms with van der Waals surface area (Å²) in [5, 5.41) is 19.5. The first kappa shape index (κ1) is 29.0. The Kier molecular flexibility index (Phi) is 10.9. The van der Waals surface area contributed by atoms with Crippen molar-refractivity contribution in [3.05, 3.63) is 95.6 Å². The molecule has 2 N–H and O–H groups in total.